The molecule has 0 saturated carbocycles. The third-order valence-corrected chi connectivity index (χ3v) is 2.18. The fourth-order valence-electron chi connectivity index (χ4n) is 1.30. The van der Waals surface area contributed by atoms with Crippen molar-refractivity contribution in [3.8, 4) is 11.3 Å². The first kappa shape index (κ1) is 10.7. The van der Waals surface area contributed by atoms with E-state index in [2.05, 4.69) is 0 Å². The van der Waals surface area contributed by atoms with E-state index in [1.54, 1.807) is 0 Å². The van der Waals surface area contributed by atoms with E-state index in [9.17, 15) is 9.18 Å². The lowest BCUT2D eigenvalue weighted by Crippen LogP contribution is -1.91. The van der Waals surface area contributed by atoms with E-state index in [0.29, 0.717) is 5.56 Å². The molecular formula is C11H6ClFO3. The first-order valence-electron chi connectivity index (χ1n) is 4.36. The molecule has 82 valence electrons. The molecule has 0 aliphatic heterocycles. The minimum Gasteiger partial charge on any atom is -0.475 e. The maximum Gasteiger partial charge on any atom is 0.371 e. The minimum absolute atomic E-state index is 0.199. The van der Waals surface area contributed by atoms with Crippen molar-refractivity contribution in [1.82, 2.24) is 0 Å². The lowest BCUT2D eigenvalue weighted by molar-refractivity contribution is 0.0663. The van der Waals surface area contributed by atoms with Gasteiger partial charge in [0.2, 0.25) is 5.76 Å². The van der Waals surface area contributed by atoms with Crippen LogP contribution < -0.4 is 0 Å². The van der Waals surface area contributed by atoms with Crippen molar-refractivity contribution in [3.05, 3.63) is 46.9 Å². The highest BCUT2D eigenvalue weighted by Gasteiger charge is 2.11. The molecule has 1 heterocycles. The fourth-order valence-corrected chi connectivity index (χ4v) is 1.53. The van der Waals surface area contributed by atoms with Crippen LogP contribution in [0.25, 0.3) is 11.3 Å². The second-order valence-corrected chi connectivity index (χ2v) is 3.56. The summed E-state index contributed by atoms with van der Waals surface area (Å²) in [5.41, 5.74) is 0.400. The van der Waals surface area contributed by atoms with Crippen molar-refractivity contribution in [2.75, 3.05) is 0 Å². The third kappa shape index (κ3) is 2.06. The Morgan fingerprint density at radius 1 is 1.31 bits per heavy atom. The number of benzene rings is 1. The molecule has 0 spiro atoms. The average molecular weight is 241 g/mol. The Labute approximate surface area is 95.1 Å². The van der Waals surface area contributed by atoms with Gasteiger partial charge in [-0.2, -0.15) is 0 Å². The third-order valence-electron chi connectivity index (χ3n) is 1.96. The average Bonchev–Trinajstić information content (AvgIpc) is 2.64. The Balaban J connectivity index is 2.46. The minimum atomic E-state index is -1.17. The van der Waals surface area contributed by atoms with Gasteiger partial charge in [0.15, 0.2) is 0 Å². The first-order valence-corrected chi connectivity index (χ1v) is 4.73. The van der Waals surface area contributed by atoms with Gasteiger partial charge in [0.25, 0.3) is 0 Å². The van der Waals surface area contributed by atoms with Gasteiger partial charge < -0.3 is 9.52 Å². The molecule has 1 aromatic carbocycles. The topological polar surface area (TPSA) is 50.4 Å². The van der Waals surface area contributed by atoms with Gasteiger partial charge in [0.05, 0.1) is 0 Å². The molecule has 0 radical (unpaired) electrons. The van der Waals surface area contributed by atoms with Crippen LogP contribution in [-0.4, -0.2) is 11.1 Å². The van der Waals surface area contributed by atoms with E-state index >= 15 is 0 Å². The normalized spacial score (nSPS) is 10.4. The van der Waals surface area contributed by atoms with E-state index in [4.69, 9.17) is 21.1 Å². The van der Waals surface area contributed by atoms with E-state index < -0.39 is 11.8 Å². The summed E-state index contributed by atoms with van der Waals surface area (Å²) in [7, 11) is 0. The van der Waals surface area contributed by atoms with Gasteiger partial charge in [-0.3, -0.25) is 0 Å². The quantitative estimate of drug-likeness (QED) is 0.875. The van der Waals surface area contributed by atoms with E-state index in [-0.39, 0.29) is 16.5 Å². The van der Waals surface area contributed by atoms with Gasteiger partial charge in [-0.25, -0.2) is 9.18 Å². The molecule has 0 unspecified atom stereocenters. The molecule has 0 aliphatic carbocycles. The van der Waals surface area contributed by atoms with Crippen molar-refractivity contribution in [3.63, 3.8) is 0 Å². The summed E-state index contributed by atoms with van der Waals surface area (Å²) in [5.74, 6) is -1.61. The number of furan rings is 1. The highest BCUT2D eigenvalue weighted by molar-refractivity contribution is 6.30. The molecule has 0 fully saturated rings. The summed E-state index contributed by atoms with van der Waals surface area (Å²) in [6.07, 6.45) is 0. The molecule has 2 aromatic rings. The van der Waals surface area contributed by atoms with E-state index in [1.807, 2.05) is 0 Å². The van der Waals surface area contributed by atoms with Crippen molar-refractivity contribution < 1.29 is 18.7 Å². The first-order chi connectivity index (χ1) is 7.56. The number of aromatic carboxylic acids is 1. The van der Waals surface area contributed by atoms with Crippen LogP contribution in [0.15, 0.2) is 34.7 Å². The van der Waals surface area contributed by atoms with Crippen molar-refractivity contribution in [2.45, 2.75) is 0 Å². The molecule has 0 aliphatic rings. The second kappa shape index (κ2) is 3.98. The smallest absolute Gasteiger partial charge is 0.371 e. The summed E-state index contributed by atoms with van der Waals surface area (Å²) in [4.78, 5) is 10.6. The molecule has 1 N–H and O–H groups in total. The van der Waals surface area contributed by atoms with Gasteiger partial charge >= 0.3 is 5.97 Å². The fraction of sp³-hybridized carbons (Fsp3) is 0. The number of halogens is 2. The second-order valence-electron chi connectivity index (χ2n) is 3.13. The maximum absolute atomic E-state index is 13.0. The van der Waals surface area contributed by atoms with Crippen LogP contribution in [-0.2, 0) is 0 Å². The molecule has 0 bridgehead atoms. The van der Waals surface area contributed by atoms with Gasteiger partial charge in [-0.1, -0.05) is 11.6 Å². The van der Waals surface area contributed by atoms with Gasteiger partial charge in [0, 0.05) is 10.6 Å². The predicted molar refractivity (Wildman–Crippen MR) is 56.1 cm³/mol. The Morgan fingerprint density at radius 3 is 2.62 bits per heavy atom. The van der Waals surface area contributed by atoms with Crippen LogP contribution >= 0.6 is 11.6 Å². The Kier molecular flexibility index (Phi) is 2.66. The van der Waals surface area contributed by atoms with Crippen LogP contribution in [0.4, 0.5) is 4.39 Å². The van der Waals surface area contributed by atoms with Crippen LogP contribution in [0.1, 0.15) is 10.6 Å². The van der Waals surface area contributed by atoms with Crippen LogP contribution in [0, 0.1) is 5.82 Å². The summed E-state index contributed by atoms with van der Waals surface area (Å²) in [6, 6.07) is 6.63. The van der Waals surface area contributed by atoms with Gasteiger partial charge in [-0.15, -0.1) is 0 Å². The number of hydrogen-bond acceptors (Lipinski definition) is 2. The van der Waals surface area contributed by atoms with Crippen molar-refractivity contribution >= 4 is 17.6 Å². The highest BCUT2D eigenvalue weighted by Crippen LogP contribution is 2.26. The Morgan fingerprint density at radius 2 is 2.06 bits per heavy atom. The number of carboxylic acids is 1. The van der Waals surface area contributed by atoms with E-state index in [1.165, 1.54) is 24.3 Å². The van der Waals surface area contributed by atoms with Gasteiger partial charge in [-0.05, 0) is 30.3 Å². The lowest BCUT2D eigenvalue weighted by atomic mass is 10.2. The molecule has 2 rings (SSSR count). The van der Waals surface area contributed by atoms with E-state index in [0.717, 1.165) is 6.07 Å². The predicted octanol–water partition coefficient (Wildman–Crippen LogP) is 3.44. The van der Waals surface area contributed by atoms with Crippen LogP contribution in [0.2, 0.25) is 5.02 Å². The van der Waals surface area contributed by atoms with Crippen LogP contribution in [0.3, 0.4) is 0 Å². The largest absolute Gasteiger partial charge is 0.475 e. The monoisotopic (exact) mass is 240 g/mol. The Bertz CT molecular complexity index is 528. The summed E-state index contributed by atoms with van der Waals surface area (Å²) < 4.78 is 18.1. The zero-order chi connectivity index (χ0) is 11.7. The molecule has 1 aromatic heterocycles. The van der Waals surface area contributed by atoms with Crippen LogP contribution in [0.5, 0.6) is 0 Å². The van der Waals surface area contributed by atoms with Gasteiger partial charge in [0.1, 0.15) is 11.6 Å². The van der Waals surface area contributed by atoms with Crippen molar-refractivity contribution in [2.24, 2.45) is 0 Å². The SMILES string of the molecule is O=C(O)c1ccc(-c2cc(F)cc(Cl)c2)o1. The zero-order valence-electron chi connectivity index (χ0n) is 7.91. The molecule has 3 nitrogen and oxygen atoms in total. The zero-order valence-corrected chi connectivity index (χ0v) is 8.66. The lowest BCUT2D eigenvalue weighted by Gasteiger charge is -1.98. The summed E-state index contributed by atoms with van der Waals surface area (Å²) in [6.45, 7) is 0. The summed E-state index contributed by atoms with van der Waals surface area (Å²) in [5, 5.41) is 8.89. The molecule has 16 heavy (non-hydrogen) atoms. The Hall–Kier alpha value is -1.81. The summed E-state index contributed by atoms with van der Waals surface area (Å²) >= 11 is 5.67. The standard InChI is InChI=1S/C11H6ClFO3/c12-7-3-6(4-8(13)5-7)9-1-2-10(16-9)11(14)15/h1-5H,(H,14,15). The number of hydrogen-bond donors (Lipinski definition) is 1. The molecule has 5 heteroatoms. The van der Waals surface area contributed by atoms with Crippen molar-refractivity contribution in [1.29, 1.82) is 0 Å². The maximum atomic E-state index is 13.0. The molecular weight excluding hydrogens is 235 g/mol. The molecule has 0 atom stereocenters. The number of rotatable bonds is 2. The highest BCUT2D eigenvalue weighted by atomic mass is 35.5. The molecule has 0 saturated heterocycles. The number of carboxylic acid groups (broad SMARTS) is 1. The number of carbonyl (C=O) groups is 1. The molecule has 0 amide bonds.